The summed E-state index contributed by atoms with van der Waals surface area (Å²) in [5, 5.41) is 10.4. The minimum atomic E-state index is -3.90. The van der Waals surface area contributed by atoms with Crippen molar-refractivity contribution in [2.45, 2.75) is 34.8 Å². The molecule has 180 valence electrons. The zero-order chi connectivity index (χ0) is 25.0. The molecule has 0 unspecified atom stereocenters. The summed E-state index contributed by atoms with van der Waals surface area (Å²) in [7, 11) is -3.90. The van der Waals surface area contributed by atoms with Crippen molar-refractivity contribution in [3.05, 3.63) is 87.7 Å². The van der Waals surface area contributed by atoms with E-state index in [1.807, 2.05) is 44.2 Å². The van der Waals surface area contributed by atoms with Crippen LogP contribution in [-0.4, -0.2) is 34.5 Å². The third-order valence-corrected chi connectivity index (χ3v) is 8.66. The van der Waals surface area contributed by atoms with Crippen LogP contribution in [0.2, 0.25) is 5.02 Å². The first-order chi connectivity index (χ1) is 16.7. The van der Waals surface area contributed by atoms with Crippen molar-refractivity contribution in [1.29, 1.82) is 0 Å². The van der Waals surface area contributed by atoms with E-state index in [1.54, 1.807) is 12.1 Å². The SMILES string of the molecule is Cc1cccc(CSc2nnc(NC(=O)c3nc(S(=O)(=O)Cc4ccccc4C)ncc3Cl)s2)c1. The van der Waals surface area contributed by atoms with Crippen molar-refractivity contribution in [3.63, 3.8) is 0 Å². The van der Waals surface area contributed by atoms with Gasteiger partial charge in [-0.15, -0.1) is 10.2 Å². The minimum Gasteiger partial charge on any atom is -0.295 e. The van der Waals surface area contributed by atoms with Gasteiger partial charge in [0.1, 0.15) is 0 Å². The molecule has 0 atom stereocenters. The predicted molar refractivity (Wildman–Crippen MR) is 138 cm³/mol. The van der Waals surface area contributed by atoms with E-state index in [2.05, 4.69) is 31.5 Å². The Bertz CT molecular complexity index is 1490. The lowest BCUT2D eigenvalue weighted by Crippen LogP contribution is -2.18. The molecule has 4 rings (SSSR count). The molecule has 8 nitrogen and oxygen atoms in total. The van der Waals surface area contributed by atoms with Gasteiger partial charge in [0.15, 0.2) is 10.0 Å². The molecule has 1 amide bonds. The van der Waals surface area contributed by atoms with Gasteiger partial charge < -0.3 is 0 Å². The van der Waals surface area contributed by atoms with Crippen molar-refractivity contribution in [2.24, 2.45) is 0 Å². The number of amides is 1. The van der Waals surface area contributed by atoms with E-state index in [1.165, 1.54) is 28.7 Å². The van der Waals surface area contributed by atoms with Gasteiger partial charge in [-0.2, -0.15) is 0 Å². The molecule has 1 N–H and O–H groups in total. The molecule has 4 aromatic rings. The summed E-state index contributed by atoms with van der Waals surface area (Å²) in [6.07, 6.45) is 1.11. The number of sulfone groups is 1. The topological polar surface area (TPSA) is 115 Å². The molecule has 0 saturated heterocycles. The van der Waals surface area contributed by atoms with Crippen LogP contribution in [0.25, 0.3) is 0 Å². The van der Waals surface area contributed by atoms with Gasteiger partial charge in [0.2, 0.25) is 20.1 Å². The number of hydrogen-bond donors (Lipinski definition) is 1. The molecule has 0 fully saturated rings. The van der Waals surface area contributed by atoms with Crippen molar-refractivity contribution in [2.75, 3.05) is 5.32 Å². The summed E-state index contributed by atoms with van der Waals surface area (Å²) in [4.78, 5) is 20.6. The number of rotatable bonds is 8. The summed E-state index contributed by atoms with van der Waals surface area (Å²) in [6.45, 7) is 3.85. The van der Waals surface area contributed by atoms with E-state index < -0.39 is 20.9 Å². The molecule has 0 aliphatic rings. The summed E-state index contributed by atoms with van der Waals surface area (Å²) < 4.78 is 26.5. The van der Waals surface area contributed by atoms with E-state index in [4.69, 9.17) is 11.6 Å². The van der Waals surface area contributed by atoms with Crippen LogP contribution in [0, 0.1) is 13.8 Å². The van der Waals surface area contributed by atoms with Crippen molar-refractivity contribution >= 4 is 55.6 Å². The maximum atomic E-state index is 12.9. The van der Waals surface area contributed by atoms with Gasteiger partial charge in [0, 0.05) is 5.75 Å². The first-order valence-electron chi connectivity index (χ1n) is 10.3. The van der Waals surface area contributed by atoms with Crippen LogP contribution in [0.15, 0.2) is 64.2 Å². The van der Waals surface area contributed by atoms with Crippen LogP contribution in [-0.2, 0) is 21.3 Å². The van der Waals surface area contributed by atoms with E-state index >= 15 is 0 Å². The Hall–Kier alpha value is -2.86. The van der Waals surface area contributed by atoms with Gasteiger partial charge in [-0.3, -0.25) is 10.1 Å². The Balaban J connectivity index is 1.46. The van der Waals surface area contributed by atoms with Gasteiger partial charge in [-0.25, -0.2) is 18.4 Å². The number of nitrogens with zero attached hydrogens (tertiary/aromatic N) is 4. The third-order valence-electron chi connectivity index (χ3n) is 4.89. The van der Waals surface area contributed by atoms with Crippen molar-refractivity contribution in [3.8, 4) is 0 Å². The molecule has 35 heavy (non-hydrogen) atoms. The van der Waals surface area contributed by atoms with Crippen LogP contribution >= 0.6 is 34.7 Å². The standard InChI is InChI=1S/C23H20ClN5O3S3/c1-14-6-5-8-16(10-14)12-33-23-29-28-21(34-23)27-20(30)19-18(24)11-25-22(26-19)35(31,32)13-17-9-4-3-7-15(17)2/h3-11H,12-13H2,1-2H3,(H,27,28,30). The lowest BCUT2D eigenvalue weighted by Gasteiger charge is -2.08. The number of carbonyl (C=O) groups is 1. The molecule has 2 heterocycles. The summed E-state index contributed by atoms with van der Waals surface area (Å²) in [5.41, 5.74) is 3.53. The highest BCUT2D eigenvalue weighted by Gasteiger charge is 2.24. The highest BCUT2D eigenvalue weighted by Crippen LogP contribution is 2.29. The van der Waals surface area contributed by atoms with Gasteiger partial charge in [-0.05, 0) is 30.5 Å². The number of nitrogens with one attached hydrogen (secondary N) is 1. The summed E-state index contributed by atoms with van der Waals surface area (Å²) >= 11 is 8.81. The number of anilines is 1. The maximum Gasteiger partial charge on any atom is 0.277 e. The van der Waals surface area contributed by atoms with Crippen LogP contribution in [0.4, 0.5) is 5.13 Å². The van der Waals surface area contributed by atoms with Gasteiger partial charge in [-0.1, -0.05) is 88.8 Å². The highest BCUT2D eigenvalue weighted by atomic mass is 35.5. The third kappa shape index (κ3) is 6.43. The fraction of sp³-hybridized carbons (Fsp3) is 0.174. The Morgan fingerprint density at radius 3 is 2.69 bits per heavy atom. The predicted octanol–water partition coefficient (Wildman–Crippen LogP) is 5.12. The molecule has 2 aromatic heterocycles. The van der Waals surface area contributed by atoms with E-state index in [0.29, 0.717) is 15.7 Å². The van der Waals surface area contributed by atoms with E-state index in [9.17, 15) is 13.2 Å². The number of thioether (sulfide) groups is 1. The monoisotopic (exact) mass is 545 g/mol. The molecule has 0 saturated carbocycles. The van der Waals surface area contributed by atoms with Crippen LogP contribution in [0.1, 0.15) is 32.7 Å². The molecule has 0 aliphatic heterocycles. The second kappa shape index (κ2) is 10.8. The number of halogens is 1. The minimum absolute atomic E-state index is 0.0732. The lowest BCUT2D eigenvalue weighted by atomic mass is 10.1. The second-order valence-corrected chi connectivity index (χ2v) is 12.1. The fourth-order valence-corrected chi connectivity index (χ4v) is 6.30. The Labute approximate surface area is 216 Å². The molecule has 12 heteroatoms. The van der Waals surface area contributed by atoms with E-state index in [-0.39, 0.29) is 21.6 Å². The Morgan fingerprint density at radius 1 is 1.11 bits per heavy atom. The van der Waals surface area contributed by atoms with Gasteiger partial charge in [0.25, 0.3) is 5.91 Å². The first-order valence-corrected chi connectivity index (χ1v) is 14.2. The van der Waals surface area contributed by atoms with Crippen LogP contribution in [0.3, 0.4) is 0 Å². The summed E-state index contributed by atoms with van der Waals surface area (Å²) in [6, 6.07) is 15.3. The van der Waals surface area contributed by atoms with E-state index in [0.717, 1.165) is 17.3 Å². The quantitative estimate of drug-likeness (QED) is 0.184. The first kappa shape index (κ1) is 25.2. The lowest BCUT2D eigenvalue weighted by molar-refractivity contribution is 0.102. The van der Waals surface area contributed by atoms with Gasteiger partial charge in [0.05, 0.1) is 17.0 Å². The van der Waals surface area contributed by atoms with Gasteiger partial charge >= 0.3 is 0 Å². The Kier molecular flexibility index (Phi) is 7.80. The molecule has 0 spiro atoms. The maximum absolute atomic E-state index is 12.9. The number of aromatic nitrogens is 4. The number of hydrogen-bond acceptors (Lipinski definition) is 9. The Morgan fingerprint density at radius 2 is 1.91 bits per heavy atom. The number of benzene rings is 2. The molecular formula is C23H20ClN5O3S3. The fourth-order valence-electron chi connectivity index (χ4n) is 3.12. The molecular weight excluding hydrogens is 526 g/mol. The summed E-state index contributed by atoms with van der Waals surface area (Å²) in [5.74, 6) is -0.277. The van der Waals surface area contributed by atoms with Crippen LogP contribution < -0.4 is 5.32 Å². The molecule has 0 bridgehead atoms. The highest BCUT2D eigenvalue weighted by molar-refractivity contribution is 8.00. The van der Waals surface area contributed by atoms with Crippen molar-refractivity contribution < 1.29 is 13.2 Å². The second-order valence-electron chi connectivity index (χ2n) is 7.64. The van der Waals surface area contributed by atoms with Crippen LogP contribution in [0.5, 0.6) is 0 Å². The zero-order valence-electron chi connectivity index (χ0n) is 18.7. The number of carbonyl (C=O) groups excluding carboxylic acids is 1. The normalized spacial score (nSPS) is 11.4. The largest absolute Gasteiger partial charge is 0.295 e. The average Bonchev–Trinajstić information content (AvgIpc) is 3.26. The smallest absolute Gasteiger partial charge is 0.277 e. The zero-order valence-corrected chi connectivity index (χ0v) is 21.9. The molecule has 0 aliphatic carbocycles. The molecule has 0 radical (unpaired) electrons. The number of aryl methyl sites for hydroxylation is 2. The average molecular weight is 546 g/mol. The van der Waals surface area contributed by atoms with Crippen molar-refractivity contribution in [1.82, 2.24) is 20.2 Å². The molecule has 2 aromatic carbocycles.